The summed E-state index contributed by atoms with van der Waals surface area (Å²) in [6, 6.07) is 113. The van der Waals surface area contributed by atoms with E-state index in [0.29, 0.717) is 0 Å². The van der Waals surface area contributed by atoms with Gasteiger partial charge in [0, 0.05) is 54.3 Å². The molecule has 0 spiro atoms. The SMILES string of the molecule is CC(C)(C)C1(C2(C(C)(C)C)c3ccccc3-c3c2cc(N(c2ccccc2-c2ccccc2)c2cccc4c2oc2ccccc24)c2ccccc32)c2ccccc2-c2c1cc(N(c1ccccc1-c1ccccc1)c1cccc3c1oc1ccccc13)c1ccccc21. The van der Waals surface area contributed by atoms with Crippen LogP contribution in [0.25, 0.3) is 110 Å². The third kappa shape index (κ3) is 7.62. The van der Waals surface area contributed by atoms with E-state index in [0.717, 1.165) is 111 Å². The lowest BCUT2D eigenvalue weighted by Gasteiger charge is -2.62. The maximum absolute atomic E-state index is 7.17. The zero-order chi connectivity index (χ0) is 63.2. The molecule has 2 unspecified atom stereocenters. The zero-order valence-electron chi connectivity index (χ0n) is 53.6. The Morgan fingerprint density at radius 3 is 0.957 bits per heavy atom. The van der Waals surface area contributed by atoms with Crippen LogP contribution in [0.5, 0.6) is 0 Å². The van der Waals surface area contributed by atoms with Gasteiger partial charge in [0.1, 0.15) is 11.2 Å². The van der Waals surface area contributed by atoms with Crippen LogP contribution in [0.2, 0.25) is 0 Å². The maximum Gasteiger partial charge on any atom is 0.159 e. The average Bonchev–Trinajstić information content (AvgIpc) is 1.45. The molecule has 14 aromatic carbocycles. The first kappa shape index (κ1) is 55.6. The Bertz CT molecular complexity index is 5390. The first-order chi connectivity index (χ1) is 46.0. The highest BCUT2D eigenvalue weighted by Crippen LogP contribution is 2.76. The Morgan fingerprint density at radius 2 is 0.553 bits per heavy atom. The number of benzene rings is 14. The van der Waals surface area contributed by atoms with Crippen molar-refractivity contribution in [3.63, 3.8) is 0 Å². The molecule has 94 heavy (non-hydrogen) atoms. The van der Waals surface area contributed by atoms with Crippen molar-refractivity contribution in [1.82, 2.24) is 0 Å². The highest BCUT2D eigenvalue weighted by molar-refractivity contribution is 6.18. The second-order valence-electron chi connectivity index (χ2n) is 27.8. The molecule has 4 heteroatoms. The molecule has 0 saturated heterocycles. The predicted molar refractivity (Wildman–Crippen MR) is 394 cm³/mol. The van der Waals surface area contributed by atoms with E-state index >= 15 is 0 Å². The van der Waals surface area contributed by atoms with Gasteiger partial charge in [0.05, 0.1) is 34.1 Å². The molecule has 0 radical (unpaired) electrons. The van der Waals surface area contributed by atoms with Gasteiger partial charge in [-0.3, -0.25) is 0 Å². The largest absolute Gasteiger partial charge is 0.454 e. The fourth-order valence-electron chi connectivity index (χ4n) is 17.8. The molecule has 0 bridgehead atoms. The molecule has 0 saturated carbocycles. The van der Waals surface area contributed by atoms with Crippen LogP contribution in [0, 0.1) is 10.8 Å². The van der Waals surface area contributed by atoms with Crippen LogP contribution in [0.3, 0.4) is 0 Å². The van der Waals surface area contributed by atoms with Gasteiger partial charge in [0.2, 0.25) is 0 Å². The number of fused-ring (bicyclic) bond motifs is 16. The van der Waals surface area contributed by atoms with Crippen LogP contribution < -0.4 is 9.80 Å². The number of para-hydroxylation sites is 6. The lowest BCUT2D eigenvalue weighted by Crippen LogP contribution is -2.62. The molecule has 16 aromatic rings. The van der Waals surface area contributed by atoms with Crippen molar-refractivity contribution < 1.29 is 8.83 Å². The van der Waals surface area contributed by atoms with Crippen LogP contribution in [0.4, 0.5) is 34.1 Å². The van der Waals surface area contributed by atoms with Crippen molar-refractivity contribution in [3.05, 3.63) is 326 Å². The number of hydrogen-bond acceptors (Lipinski definition) is 4. The fourth-order valence-corrected chi connectivity index (χ4v) is 17.8. The molecular formula is C90H68N2O2. The van der Waals surface area contributed by atoms with Gasteiger partial charge in [-0.05, 0) is 126 Å². The Labute approximate surface area is 548 Å². The summed E-state index contributed by atoms with van der Waals surface area (Å²) in [6.07, 6.45) is 0. The van der Waals surface area contributed by atoms with Gasteiger partial charge in [-0.15, -0.1) is 0 Å². The normalized spacial score (nSPS) is 15.9. The second kappa shape index (κ2) is 20.7. The molecule has 0 amide bonds. The molecule has 0 fully saturated rings. The van der Waals surface area contributed by atoms with Crippen LogP contribution in [-0.2, 0) is 10.8 Å². The van der Waals surface area contributed by atoms with Gasteiger partial charge >= 0.3 is 0 Å². The van der Waals surface area contributed by atoms with Gasteiger partial charge in [-0.1, -0.05) is 296 Å². The van der Waals surface area contributed by atoms with E-state index in [4.69, 9.17) is 8.83 Å². The summed E-state index contributed by atoms with van der Waals surface area (Å²) >= 11 is 0. The summed E-state index contributed by atoms with van der Waals surface area (Å²) in [7, 11) is 0. The minimum absolute atomic E-state index is 0.507. The van der Waals surface area contributed by atoms with E-state index < -0.39 is 21.7 Å². The number of rotatable bonds is 9. The van der Waals surface area contributed by atoms with Gasteiger partial charge < -0.3 is 18.6 Å². The molecular weight excluding hydrogens is 1140 g/mol. The summed E-state index contributed by atoms with van der Waals surface area (Å²) in [5.41, 5.74) is 21.7. The van der Waals surface area contributed by atoms with Crippen LogP contribution in [-0.4, -0.2) is 0 Å². The number of nitrogens with zero attached hydrogens (tertiary/aromatic N) is 2. The quantitative estimate of drug-likeness (QED) is 0.144. The van der Waals surface area contributed by atoms with E-state index in [1.165, 1.54) is 55.3 Å². The van der Waals surface area contributed by atoms with Crippen molar-refractivity contribution in [1.29, 1.82) is 0 Å². The Kier molecular flexibility index (Phi) is 12.2. The van der Waals surface area contributed by atoms with Gasteiger partial charge in [0.25, 0.3) is 0 Å². The van der Waals surface area contributed by atoms with E-state index in [1.54, 1.807) is 0 Å². The molecule has 0 N–H and O–H groups in total. The van der Waals surface area contributed by atoms with Gasteiger partial charge in [0.15, 0.2) is 11.2 Å². The van der Waals surface area contributed by atoms with Crippen molar-refractivity contribution >= 4 is 99.5 Å². The van der Waals surface area contributed by atoms with Crippen LogP contribution in [0.1, 0.15) is 63.8 Å². The monoisotopic (exact) mass is 1210 g/mol. The fraction of sp³-hybridized carbons (Fsp3) is 0.111. The second-order valence-corrected chi connectivity index (χ2v) is 27.8. The number of hydrogen-bond donors (Lipinski definition) is 0. The summed E-state index contributed by atoms with van der Waals surface area (Å²) in [5.74, 6) is 0. The minimum Gasteiger partial charge on any atom is -0.454 e. The Balaban J connectivity index is 1.01. The molecule has 450 valence electrons. The maximum atomic E-state index is 7.17. The molecule has 2 aromatic heterocycles. The molecule has 2 atom stereocenters. The smallest absolute Gasteiger partial charge is 0.159 e. The molecule has 4 nitrogen and oxygen atoms in total. The Hall–Kier alpha value is -11.2. The standard InChI is InChI=1S/C90H68N2O2/c1-87(2,3)89(71-47-23-17-43-69(71)83-65-41-15-13-37-61(65)79(55-73(83)89)91(75-49-25-19-35-59(75)57-31-9-7-10-32-57)77-51-29-45-67-63-39-21-27-53-81(63)93-85(67)77)90(88(4,5)6)72-48-24-18-44-70(72)84-66-42-16-14-38-62(66)80(56-74(84)90)92(76-50-26-20-36-60(76)58-33-11-8-12-34-58)78-52-30-46-68-64-40-22-28-54-82(64)94-86(68)78/h7-56H,1-6H3. The Morgan fingerprint density at radius 1 is 0.245 bits per heavy atom. The molecule has 18 rings (SSSR count). The third-order valence-electron chi connectivity index (χ3n) is 21.1. The van der Waals surface area contributed by atoms with Crippen molar-refractivity contribution in [2.75, 3.05) is 9.80 Å². The van der Waals surface area contributed by atoms with E-state index in [9.17, 15) is 0 Å². The molecule has 0 aliphatic heterocycles. The summed E-state index contributed by atoms with van der Waals surface area (Å²) < 4.78 is 14.3. The number of furan rings is 2. The van der Waals surface area contributed by atoms with Crippen LogP contribution in [0.15, 0.2) is 312 Å². The topological polar surface area (TPSA) is 32.8 Å². The van der Waals surface area contributed by atoms with Gasteiger partial charge in [-0.2, -0.15) is 0 Å². The third-order valence-corrected chi connectivity index (χ3v) is 21.1. The lowest BCUT2D eigenvalue weighted by molar-refractivity contribution is 0.0595. The van der Waals surface area contributed by atoms with Crippen molar-refractivity contribution in [2.45, 2.75) is 52.4 Å². The van der Waals surface area contributed by atoms with E-state index in [2.05, 4.69) is 355 Å². The summed E-state index contributed by atoms with van der Waals surface area (Å²) in [6.45, 7) is 15.2. The molecule has 2 heterocycles. The van der Waals surface area contributed by atoms with E-state index in [-0.39, 0.29) is 0 Å². The number of anilines is 6. The highest BCUT2D eigenvalue weighted by Gasteiger charge is 2.71. The molecule has 2 aliphatic rings. The lowest BCUT2D eigenvalue weighted by atomic mass is 9.39. The van der Waals surface area contributed by atoms with Crippen LogP contribution >= 0.6 is 0 Å². The van der Waals surface area contributed by atoms with Gasteiger partial charge in [-0.25, -0.2) is 0 Å². The first-order valence-electron chi connectivity index (χ1n) is 33.0. The highest BCUT2D eigenvalue weighted by atomic mass is 16.3. The average molecular weight is 1210 g/mol. The summed E-state index contributed by atoms with van der Waals surface area (Å²) in [5, 5.41) is 9.02. The van der Waals surface area contributed by atoms with Crippen molar-refractivity contribution in [3.8, 4) is 44.5 Å². The zero-order valence-corrected chi connectivity index (χ0v) is 53.6. The van der Waals surface area contributed by atoms with Crippen molar-refractivity contribution in [2.24, 2.45) is 10.8 Å². The first-order valence-corrected chi connectivity index (χ1v) is 33.0. The summed E-state index contributed by atoms with van der Waals surface area (Å²) in [4.78, 5) is 5.08. The molecule has 2 aliphatic carbocycles. The predicted octanol–water partition coefficient (Wildman–Crippen LogP) is 25.4. The van der Waals surface area contributed by atoms with E-state index in [1.807, 2.05) is 0 Å². The minimum atomic E-state index is -0.814.